The molecular formula is C19H23N3O2. The maximum atomic E-state index is 6.16. The van der Waals surface area contributed by atoms with Gasteiger partial charge in [-0.1, -0.05) is 12.1 Å². The summed E-state index contributed by atoms with van der Waals surface area (Å²) < 4.78 is 12.1. The molecule has 5 heteroatoms. The van der Waals surface area contributed by atoms with Crippen LogP contribution in [0.2, 0.25) is 0 Å². The Morgan fingerprint density at radius 2 is 2.25 bits per heavy atom. The van der Waals surface area contributed by atoms with Crippen molar-refractivity contribution in [1.29, 1.82) is 0 Å². The summed E-state index contributed by atoms with van der Waals surface area (Å²) in [6.07, 6.45) is 3.84. The molecule has 2 aromatic heterocycles. The van der Waals surface area contributed by atoms with Gasteiger partial charge in [-0.3, -0.25) is 9.88 Å². The topological polar surface area (TPSA) is 47.5 Å². The Morgan fingerprint density at radius 1 is 1.29 bits per heavy atom. The molecule has 126 valence electrons. The van der Waals surface area contributed by atoms with Crippen molar-refractivity contribution in [3.63, 3.8) is 0 Å². The van der Waals surface area contributed by atoms with Gasteiger partial charge in [0.05, 0.1) is 17.9 Å². The fourth-order valence-electron chi connectivity index (χ4n) is 3.73. The Morgan fingerprint density at radius 3 is 3.08 bits per heavy atom. The van der Waals surface area contributed by atoms with E-state index in [0.29, 0.717) is 12.5 Å². The summed E-state index contributed by atoms with van der Waals surface area (Å²) in [5.41, 5.74) is 2.14. The van der Waals surface area contributed by atoms with Crippen molar-refractivity contribution in [2.24, 2.45) is 0 Å². The molecule has 2 aliphatic rings. The van der Waals surface area contributed by atoms with E-state index >= 15 is 0 Å². The van der Waals surface area contributed by atoms with Crippen LogP contribution >= 0.6 is 0 Å². The number of pyridine rings is 2. The van der Waals surface area contributed by atoms with Gasteiger partial charge in [0.15, 0.2) is 0 Å². The zero-order valence-corrected chi connectivity index (χ0v) is 14.0. The minimum atomic E-state index is -0.0662. The Kier molecular flexibility index (Phi) is 4.21. The van der Waals surface area contributed by atoms with Gasteiger partial charge in [-0.2, -0.15) is 0 Å². The maximum Gasteiger partial charge on any atom is 0.213 e. The first-order valence-corrected chi connectivity index (χ1v) is 8.57. The van der Waals surface area contributed by atoms with Gasteiger partial charge in [-0.25, -0.2) is 4.98 Å². The van der Waals surface area contributed by atoms with Crippen LogP contribution in [0.5, 0.6) is 5.88 Å². The Balaban J connectivity index is 1.34. The summed E-state index contributed by atoms with van der Waals surface area (Å²) in [5.74, 6) is 0.682. The molecule has 0 aliphatic carbocycles. The molecule has 0 N–H and O–H groups in total. The molecule has 1 spiro atoms. The quantitative estimate of drug-likeness (QED) is 0.865. The molecule has 2 fully saturated rings. The SMILES string of the molecule is Cc1cccc(CN2CC[C@]3(C[C@@H](Oc4ccccn4)CO3)C2)n1. The van der Waals surface area contributed by atoms with E-state index in [9.17, 15) is 0 Å². The molecule has 5 nitrogen and oxygen atoms in total. The van der Waals surface area contributed by atoms with E-state index in [0.717, 1.165) is 43.9 Å². The van der Waals surface area contributed by atoms with Crippen molar-refractivity contribution >= 4 is 0 Å². The first-order valence-electron chi connectivity index (χ1n) is 8.57. The molecule has 2 aliphatic heterocycles. The van der Waals surface area contributed by atoms with Crippen LogP contribution in [0.3, 0.4) is 0 Å². The van der Waals surface area contributed by atoms with Crippen LogP contribution in [0.15, 0.2) is 42.6 Å². The van der Waals surface area contributed by atoms with E-state index in [2.05, 4.69) is 27.0 Å². The Hall–Kier alpha value is -1.98. The van der Waals surface area contributed by atoms with Gasteiger partial charge < -0.3 is 9.47 Å². The van der Waals surface area contributed by atoms with Crippen molar-refractivity contribution in [3.05, 3.63) is 54.0 Å². The van der Waals surface area contributed by atoms with Crippen LogP contribution in [0.4, 0.5) is 0 Å². The van der Waals surface area contributed by atoms with E-state index in [1.54, 1.807) is 6.20 Å². The standard InChI is InChI=1S/C19H23N3O2/c1-15-5-4-6-16(21-15)12-22-10-8-19(14-22)11-17(13-23-19)24-18-7-2-3-9-20-18/h2-7,9,17H,8,10-14H2,1H3/t17-,19+/m1/s1. The lowest BCUT2D eigenvalue weighted by Crippen LogP contribution is -2.33. The number of nitrogens with zero attached hydrogens (tertiary/aromatic N) is 3. The minimum absolute atomic E-state index is 0.0662. The van der Waals surface area contributed by atoms with Gasteiger partial charge in [0.2, 0.25) is 5.88 Å². The number of rotatable bonds is 4. The van der Waals surface area contributed by atoms with Crippen LogP contribution in [0, 0.1) is 6.92 Å². The highest BCUT2D eigenvalue weighted by molar-refractivity contribution is 5.12. The average Bonchev–Trinajstić information content (AvgIpc) is 3.15. The fourth-order valence-corrected chi connectivity index (χ4v) is 3.73. The summed E-state index contributed by atoms with van der Waals surface area (Å²) in [4.78, 5) is 11.3. The highest BCUT2D eigenvalue weighted by Crippen LogP contribution is 2.36. The molecule has 0 bridgehead atoms. The second-order valence-electron chi connectivity index (χ2n) is 6.84. The lowest BCUT2D eigenvalue weighted by atomic mass is 9.98. The second kappa shape index (κ2) is 6.49. The van der Waals surface area contributed by atoms with Gasteiger partial charge in [0.25, 0.3) is 0 Å². The maximum absolute atomic E-state index is 6.16. The molecule has 0 saturated carbocycles. The number of aryl methyl sites for hydroxylation is 1. The number of aromatic nitrogens is 2. The lowest BCUT2D eigenvalue weighted by molar-refractivity contribution is 0.00916. The largest absolute Gasteiger partial charge is 0.472 e. The summed E-state index contributed by atoms with van der Waals surface area (Å²) >= 11 is 0. The zero-order chi connectivity index (χ0) is 16.4. The highest BCUT2D eigenvalue weighted by atomic mass is 16.6. The van der Waals surface area contributed by atoms with Crippen LogP contribution in [-0.4, -0.2) is 46.3 Å². The number of hydrogen-bond donors (Lipinski definition) is 0. The molecule has 4 heterocycles. The van der Waals surface area contributed by atoms with Crippen molar-refractivity contribution < 1.29 is 9.47 Å². The molecule has 24 heavy (non-hydrogen) atoms. The van der Waals surface area contributed by atoms with Crippen molar-refractivity contribution in [2.45, 2.75) is 38.0 Å². The van der Waals surface area contributed by atoms with Crippen LogP contribution in [0.1, 0.15) is 24.2 Å². The number of ether oxygens (including phenoxy) is 2. The second-order valence-corrected chi connectivity index (χ2v) is 6.84. The third kappa shape index (κ3) is 3.42. The van der Waals surface area contributed by atoms with Gasteiger partial charge in [0.1, 0.15) is 6.10 Å². The highest BCUT2D eigenvalue weighted by Gasteiger charge is 2.46. The zero-order valence-electron chi connectivity index (χ0n) is 14.0. The third-order valence-corrected chi connectivity index (χ3v) is 4.83. The summed E-state index contributed by atoms with van der Waals surface area (Å²) in [5, 5.41) is 0. The molecule has 2 atom stereocenters. The van der Waals surface area contributed by atoms with Gasteiger partial charge in [-0.15, -0.1) is 0 Å². The first-order chi connectivity index (χ1) is 11.7. The van der Waals surface area contributed by atoms with E-state index in [1.807, 2.05) is 31.2 Å². The Bertz CT molecular complexity index is 694. The molecule has 4 rings (SSSR count). The van der Waals surface area contributed by atoms with E-state index < -0.39 is 0 Å². The molecule has 0 unspecified atom stereocenters. The first kappa shape index (κ1) is 15.5. The number of likely N-dealkylation sites (tertiary alicyclic amines) is 1. The van der Waals surface area contributed by atoms with Crippen LogP contribution in [-0.2, 0) is 11.3 Å². The molecule has 2 saturated heterocycles. The van der Waals surface area contributed by atoms with E-state index in [4.69, 9.17) is 9.47 Å². The molecule has 2 aromatic rings. The molecule has 0 radical (unpaired) electrons. The third-order valence-electron chi connectivity index (χ3n) is 4.83. The normalized spacial score (nSPS) is 27.0. The van der Waals surface area contributed by atoms with Crippen LogP contribution in [0.25, 0.3) is 0 Å². The van der Waals surface area contributed by atoms with Crippen LogP contribution < -0.4 is 4.74 Å². The smallest absolute Gasteiger partial charge is 0.213 e. The number of hydrogen-bond acceptors (Lipinski definition) is 5. The van der Waals surface area contributed by atoms with E-state index in [1.165, 1.54) is 0 Å². The molecule has 0 aromatic carbocycles. The predicted octanol–water partition coefficient (Wildman–Crippen LogP) is 2.60. The molecular weight excluding hydrogens is 302 g/mol. The Labute approximate surface area is 142 Å². The lowest BCUT2D eigenvalue weighted by Gasteiger charge is -2.23. The predicted molar refractivity (Wildman–Crippen MR) is 90.8 cm³/mol. The summed E-state index contributed by atoms with van der Waals surface area (Å²) in [6.45, 7) is 5.57. The van der Waals surface area contributed by atoms with Crippen molar-refractivity contribution in [1.82, 2.24) is 14.9 Å². The van der Waals surface area contributed by atoms with Gasteiger partial charge in [0, 0.05) is 44.0 Å². The summed E-state index contributed by atoms with van der Waals surface area (Å²) in [6, 6.07) is 11.9. The van der Waals surface area contributed by atoms with Gasteiger partial charge in [-0.05, 0) is 31.5 Å². The monoisotopic (exact) mass is 325 g/mol. The summed E-state index contributed by atoms with van der Waals surface area (Å²) in [7, 11) is 0. The average molecular weight is 325 g/mol. The van der Waals surface area contributed by atoms with Crippen molar-refractivity contribution in [3.8, 4) is 5.88 Å². The van der Waals surface area contributed by atoms with Crippen molar-refractivity contribution in [2.75, 3.05) is 19.7 Å². The molecule has 0 amide bonds. The van der Waals surface area contributed by atoms with E-state index in [-0.39, 0.29) is 11.7 Å². The fraction of sp³-hybridized carbons (Fsp3) is 0.474. The minimum Gasteiger partial charge on any atom is -0.472 e. The van der Waals surface area contributed by atoms with Gasteiger partial charge >= 0.3 is 0 Å².